The first kappa shape index (κ1) is 12.0. The van der Waals surface area contributed by atoms with E-state index in [1.165, 1.54) is 12.1 Å². The van der Waals surface area contributed by atoms with E-state index in [-0.39, 0.29) is 17.8 Å². The second-order valence-electron chi connectivity index (χ2n) is 4.01. The van der Waals surface area contributed by atoms with E-state index in [4.69, 9.17) is 5.11 Å². The highest BCUT2D eigenvalue weighted by Crippen LogP contribution is 2.04. The largest absolute Gasteiger partial charge is 0.476 e. The molecule has 0 spiro atoms. The van der Waals surface area contributed by atoms with Gasteiger partial charge in [-0.25, -0.2) is 9.48 Å². The maximum atomic E-state index is 11.6. The van der Waals surface area contributed by atoms with Gasteiger partial charge in [0, 0.05) is 6.07 Å². The number of aryl methyl sites for hydroxylation is 1. The number of hydrogen-bond acceptors (Lipinski definition) is 3. The predicted octanol–water partition coefficient (Wildman–Crippen LogP) is 1.30. The quantitative estimate of drug-likeness (QED) is 0.883. The summed E-state index contributed by atoms with van der Waals surface area (Å²) >= 11 is 0. The summed E-state index contributed by atoms with van der Waals surface area (Å²) in [6.45, 7) is 2.24. The summed E-state index contributed by atoms with van der Waals surface area (Å²) in [7, 11) is 0. The number of hydrogen-bond donors (Lipinski definition) is 1. The van der Waals surface area contributed by atoms with E-state index in [2.05, 4.69) is 5.10 Å². The lowest BCUT2D eigenvalue weighted by Crippen LogP contribution is -2.24. The molecule has 0 radical (unpaired) electrons. The molecule has 0 amide bonds. The Kier molecular flexibility index (Phi) is 3.23. The fraction of sp³-hybridized carbons (Fsp3) is 0.154. The molecule has 18 heavy (non-hydrogen) atoms. The van der Waals surface area contributed by atoms with Gasteiger partial charge in [-0.2, -0.15) is 5.10 Å². The first-order chi connectivity index (χ1) is 8.56. The van der Waals surface area contributed by atoms with Crippen LogP contribution in [0.4, 0.5) is 0 Å². The number of nitrogens with zero attached hydrogens (tertiary/aromatic N) is 2. The topological polar surface area (TPSA) is 72.2 Å². The molecule has 0 atom stereocenters. The van der Waals surface area contributed by atoms with Gasteiger partial charge in [0.1, 0.15) is 0 Å². The zero-order chi connectivity index (χ0) is 13.1. The summed E-state index contributed by atoms with van der Waals surface area (Å²) in [6.07, 6.45) is 0. The highest BCUT2D eigenvalue weighted by atomic mass is 16.4. The fourth-order valence-electron chi connectivity index (χ4n) is 1.54. The molecule has 0 unspecified atom stereocenters. The fourth-order valence-corrected chi connectivity index (χ4v) is 1.54. The minimum atomic E-state index is -1.15. The van der Waals surface area contributed by atoms with Crippen molar-refractivity contribution in [2.45, 2.75) is 13.5 Å². The van der Waals surface area contributed by atoms with Crippen LogP contribution in [0.5, 0.6) is 0 Å². The average molecular weight is 244 g/mol. The van der Waals surface area contributed by atoms with Gasteiger partial charge in [0.2, 0.25) is 0 Å². The van der Waals surface area contributed by atoms with Crippen molar-refractivity contribution in [1.29, 1.82) is 0 Å². The van der Waals surface area contributed by atoms with Crippen molar-refractivity contribution >= 4 is 5.97 Å². The number of carbonyl (C=O) groups is 1. The lowest BCUT2D eigenvalue weighted by molar-refractivity contribution is 0.0687. The zero-order valence-corrected chi connectivity index (χ0v) is 9.83. The van der Waals surface area contributed by atoms with Crippen LogP contribution in [0.3, 0.4) is 0 Å². The van der Waals surface area contributed by atoms with Gasteiger partial charge in [-0.1, -0.05) is 29.8 Å². The summed E-state index contributed by atoms with van der Waals surface area (Å²) in [4.78, 5) is 22.4. The Bertz CT molecular complexity index is 629. The summed E-state index contributed by atoms with van der Waals surface area (Å²) in [5.41, 5.74) is 1.57. The molecular formula is C13H12N2O3. The van der Waals surface area contributed by atoms with Crippen molar-refractivity contribution in [2.24, 2.45) is 0 Å². The number of benzene rings is 1. The van der Waals surface area contributed by atoms with Gasteiger partial charge in [0.15, 0.2) is 5.69 Å². The highest BCUT2D eigenvalue weighted by Gasteiger charge is 2.07. The summed E-state index contributed by atoms with van der Waals surface area (Å²) in [5, 5.41) is 12.6. The lowest BCUT2D eigenvalue weighted by Gasteiger charge is -2.05. The van der Waals surface area contributed by atoms with E-state index < -0.39 is 5.97 Å². The minimum absolute atomic E-state index is 0.137. The molecule has 1 aromatic heterocycles. The third kappa shape index (κ3) is 2.63. The molecule has 0 fully saturated rings. The lowest BCUT2D eigenvalue weighted by atomic mass is 10.1. The second kappa shape index (κ2) is 4.83. The van der Waals surface area contributed by atoms with Crippen LogP contribution >= 0.6 is 0 Å². The molecule has 5 nitrogen and oxygen atoms in total. The van der Waals surface area contributed by atoms with Gasteiger partial charge in [0.05, 0.1) is 6.54 Å². The van der Waals surface area contributed by atoms with Gasteiger partial charge in [-0.3, -0.25) is 4.79 Å². The second-order valence-corrected chi connectivity index (χ2v) is 4.01. The van der Waals surface area contributed by atoms with E-state index >= 15 is 0 Å². The molecule has 1 heterocycles. The van der Waals surface area contributed by atoms with Gasteiger partial charge >= 0.3 is 5.97 Å². The van der Waals surface area contributed by atoms with Crippen LogP contribution in [0.2, 0.25) is 0 Å². The zero-order valence-electron chi connectivity index (χ0n) is 9.83. The minimum Gasteiger partial charge on any atom is -0.476 e. The Labute approximate surface area is 103 Å². The van der Waals surface area contributed by atoms with E-state index in [0.29, 0.717) is 0 Å². The number of carboxylic acids is 1. The first-order valence-electron chi connectivity index (χ1n) is 5.43. The molecule has 5 heteroatoms. The highest BCUT2D eigenvalue weighted by molar-refractivity contribution is 5.84. The molecule has 92 valence electrons. The molecular weight excluding hydrogens is 232 g/mol. The Balaban J connectivity index is 2.33. The van der Waals surface area contributed by atoms with Crippen molar-refractivity contribution in [1.82, 2.24) is 9.78 Å². The van der Waals surface area contributed by atoms with E-state index in [0.717, 1.165) is 15.8 Å². The molecule has 0 bridgehead atoms. The van der Waals surface area contributed by atoms with Crippen LogP contribution in [-0.4, -0.2) is 20.9 Å². The van der Waals surface area contributed by atoms with Crippen LogP contribution in [0, 0.1) is 6.92 Å². The Hall–Kier alpha value is -2.43. The van der Waals surface area contributed by atoms with Crippen LogP contribution in [-0.2, 0) is 6.54 Å². The normalized spacial score (nSPS) is 10.3. The molecule has 0 saturated carbocycles. The third-order valence-corrected chi connectivity index (χ3v) is 2.54. The maximum Gasteiger partial charge on any atom is 0.356 e. The summed E-state index contributed by atoms with van der Waals surface area (Å²) in [5.74, 6) is -1.15. The monoisotopic (exact) mass is 244 g/mol. The van der Waals surface area contributed by atoms with Crippen molar-refractivity contribution in [3.05, 3.63) is 63.6 Å². The van der Waals surface area contributed by atoms with Gasteiger partial charge < -0.3 is 5.11 Å². The summed E-state index contributed by atoms with van der Waals surface area (Å²) < 4.78 is 1.15. The first-order valence-corrected chi connectivity index (χ1v) is 5.43. The molecule has 0 aliphatic carbocycles. The Morgan fingerprint density at radius 3 is 2.50 bits per heavy atom. The maximum absolute atomic E-state index is 11.6. The number of carboxylic acid groups (broad SMARTS) is 1. The van der Waals surface area contributed by atoms with Crippen molar-refractivity contribution in [2.75, 3.05) is 0 Å². The smallest absolute Gasteiger partial charge is 0.356 e. The molecule has 2 rings (SSSR count). The predicted molar refractivity (Wildman–Crippen MR) is 65.7 cm³/mol. The molecule has 0 saturated heterocycles. The number of aromatic carboxylic acids is 1. The van der Waals surface area contributed by atoms with Gasteiger partial charge in [-0.15, -0.1) is 0 Å². The SMILES string of the molecule is Cc1ccc(Cn2nc(C(=O)O)ccc2=O)cc1. The van der Waals surface area contributed by atoms with Crippen LogP contribution < -0.4 is 5.56 Å². The Morgan fingerprint density at radius 1 is 1.22 bits per heavy atom. The van der Waals surface area contributed by atoms with Crippen molar-refractivity contribution < 1.29 is 9.90 Å². The molecule has 0 aliphatic rings. The van der Waals surface area contributed by atoms with Gasteiger partial charge in [-0.05, 0) is 18.6 Å². The average Bonchev–Trinajstić information content (AvgIpc) is 2.34. The van der Waals surface area contributed by atoms with E-state index in [1.807, 2.05) is 31.2 Å². The molecule has 1 aromatic carbocycles. The van der Waals surface area contributed by atoms with Crippen LogP contribution in [0.15, 0.2) is 41.2 Å². The Morgan fingerprint density at radius 2 is 1.89 bits per heavy atom. The van der Waals surface area contributed by atoms with Crippen LogP contribution in [0.25, 0.3) is 0 Å². The standard InChI is InChI=1S/C13H12N2O3/c1-9-2-4-10(5-3-9)8-15-12(16)7-6-11(14-15)13(17)18/h2-7H,8H2,1H3,(H,17,18). The van der Waals surface area contributed by atoms with Crippen molar-refractivity contribution in [3.63, 3.8) is 0 Å². The molecule has 1 N–H and O–H groups in total. The van der Waals surface area contributed by atoms with E-state index in [9.17, 15) is 9.59 Å². The summed E-state index contributed by atoms with van der Waals surface area (Å²) in [6, 6.07) is 10.1. The van der Waals surface area contributed by atoms with Gasteiger partial charge in [0.25, 0.3) is 5.56 Å². The van der Waals surface area contributed by atoms with Crippen LogP contribution in [0.1, 0.15) is 21.6 Å². The third-order valence-electron chi connectivity index (χ3n) is 2.54. The number of aromatic nitrogens is 2. The molecule has 0 aliphatic heterocycles. The van der Waals surface area contributed by atoms with Crippen molar-refractivity contribution in [3.8, 4) is 0 Å². The number of rotatable bonds is 3. The molecule has 2 aromatic rings. The van der Waals surface area contributed by atoms with E-state index in [1.54, 1.807) is 0 Å².